The van der Waals surface area contributed by atoms with E-state index in [-0.39, 0.29) is 0 Å². The quantitative estimate of drug-likeness (QED) is 0.221. The van der Waals surface area contributed by atoms with Crippen LogP contribution in [0.1, 0.15) is 0 Å². The van der Waals surface area contributed by atoms with E-state index >= 15 is 0 Å². The third-order valence-electron chi connectivity index (χ3n) is 7.21. The highest BCUT2D eigenvalue weighted by atomic mass is 15.3. The molecule has 7 rings (SSSR count). The van der Waals surface area contributed by atoms with Crippen molar-refractivity contribution < 1.29 is 0 Å². The summed E-state index contributed by atoms with van der Waals surface area (Å²) in [4.78, 5) is 2.27. The van der Waals surface area contributed by atoms with Gasteiger partial charge in [0.15, 0.2) is 0 Å². The van der Waals surface area contributed by atoms with Crippen LogP contribution in [-0.2, 0) is 0 Å². The van der Waals surface area contributed by atoms with Crippen LogP contribution in [0.15, 0.2) is 164 Å². The van der Waals surface area contributed by atoms with Crippen LogP contribution in [0.4, 0.5) is 17.1 Å². The highest BCUT2D eigenvalue weighted by molar-refractivity contribution is 5.87. The maximum atomic E-state index is 5.10. The zero-order chi connectivity index (χ0) is 26.7. The Morgan fingerprint density at radius 2 is 0.975 bits per heavy atom. The van der Waals surface area contributed by atoms with Crippen molar-refractivity contribution in [2.24, 2.45) is 0 Å². The molecule has 0 N–H and O–H groups in total. The molecule has 7 aromatic rings. The molecule has 0 saturated heterocycles. The van der Waals surface area contributed by atoms with Gasteiger partial charge in [-0.2, -0.15) is 5.10 Å². The maximum absolute atomic E-state index is 5.10. The number of aromatic nitrogens is 2. The zero-order valence-electron chi connectivity index (χ0n) is 21.9. The molecular formula is C37H27N3. The van der Waals surface area contributed by atoms with Gasteiger partial charge in [0.1, 0.15) is 0 Å². The fourth-order valence-electron chi connectivity index (χ4n) is 5.23. The third kappa shape index (κ3) is 4.55. The molecule has 0 spiro atoms. The van der Waals surface area contributed by atoms with E-state index in [1.54, 1.807) is 0 Å². The molecule has 0 atom stereocenters. The van der Waals surface area contributed by atoms with E-state index < -0.39 is 0 Å². The molecule has 0 aliphatic heterocycles. The summed E-state index contributed by atoms with van der Waals surface area (Å²) in [7, 11) is 0. The van der Waals surface area contributed by atoms with Crippen molar-refractivity contribution in [3.8, 4) is 28.2 Å². The van der Waals surface area contributed by atoms with E-state index in [1.807, 2.05) is 18.2 Å². The molecule has 0 radical (unpaired) electrons. The number of anilines is 3. The summed E-state index contributed by atoms with van der Waals surface area (Å²) in [5.74, 6) is 0. The molecule has 0 aliphatic rings. The van der Waals surface area contributed by atoms with Crippen LogP contribution < -0.4 is 4.90 Å². The van der Waals surface area contributed by atoms with E-state index in [4.69, 9.17) is 5.10 Å². The Kier molecular flexibility index (Phi) is 6.15. The van der Waals surface area contributed by atoms with E-state index in [9.17, 15) is 0 Å². The first-order chi connectivity index (χ1) is 19.8. The van der Waals surface area contributed by atoms with E-state index in [0.717, 1.165) is 45.3 Å². The molecule has 40 heavy (non-hydrogen) atoms. The Balaban J connectivity index is 1.34. The van der Waals surface area contributed by atoms with Crippen molar-refractivity contribution in [1.29, 1.82) is 0 Å². The molecule has 0 aliphatic carbocycles. The fraction of sp³-hybridized carbons (Fsp3) is 0. The minimum atomic E-state index is 0.947. The smallest absolute Gasteiger partial charge is 0.0934 e. The molecule has 3 nitrogen and oxygen atoms in total. The summed E-state index contributed by atoms with van der Waals surface area (Å²) in [6.07, 6.45) is 0. The fourth-order valence-corrected chi connectivity index (χ4v) is 5.23. The number of rotatable bonds is 6. The van der Waals surface area contributed by atoms with E-state index in [1.165, 1.54) is 10.8 Å². The minimum Gasteiger partial charge on any atom is -0.311 e. The molecule has 0 unspecified atom stereocenters. The summed E-state index contributed by atoms with van der Waals surface area (Å²) in [6.45, 7) is 0. The first-order valence-electron chi connectivity index (χ1n) is 13.5. The summed E-state index contributed by atoms with van der Waals surface area (Å²) in [5, 5.41) is 7.54. The van der Waals surface area contributed by atoms with Gasteiger partial charge in [-0.15, -0.1) is 0 Å². The molecule has 0 amide bonds. The predicted molar refractivity (Wildman–Crippen MR) is 167 cm³/mol. The van der Waals surface area contributed by atoms with Crippen LogP contribution in [0, 0.1) is 0 Å². The van der Waals surface area contributed by atoms with Gasteiger partial charge in [0.2, 0.25) is 0 Å². The molecule has 1 heterocycles. The number of hydrogen-bond donors (Lipinski definition) is 0. The number of nitrogens with zero attached hydrogens (tertiary/aromatic N) is 3. The second-order valence-electron chi connectivity index (χ2n) is 9.78. The lowest BCUT2D eigenvalue weighted by molar-refractivity contribution is 0.892. The summed E-state index contributed by atoms with van der Waals surface area (Å²) >= 11 is 0. The summed E-state index contributed by atoms with van der Waals surface area (Å²) in [5.41, 5.74) is 8.56. The lowest BCUT2D eigenvalue weighted by Gasteiger charge is -2.25. The molecule has 0 bridgehead atoms. The molecule has 3 heteroatoms. The highest BCUT2D eigenvalue weighted by Crippen LogP contribution is 2.36. The number of hydrogen-bond acceptors (Lipinski definition) is 2. The molecule has 190 valence electrons. The minimum absolute atomic E-state index is 0.947. The SMILES string of the molecule is c1ccc(-c2cc(-c3ccc4ccccc4c3)n(-c3ccc(N(c4ccccc4)c4ccccc4)cc3)n2)cc1. The first-order valence-corrected chi connectivity index (χ1v) is 13.5. The monoisotopic (exact) mass is 513 g/mol. The van der Waals surface area contributed by atoms with Crippen molar-refractivity contribution in [2.75, 3.05) is 4.90 Å². The number of fused-ring (bicyclic) bond motifs is 1. The Morgan fingerprint density at radius 3 is 1.62 bits per heavy atom. The second-order valence-corrected chi connectivity index (χ2v) is 9.78. The average Bonchev–Trinajstić information content (AvgIpc) is 3.49. The standard InChI is InChI=1S/C37H27N3/c1-4-13-29(14-5-1)36-27-37(31-21-20-28-12-10-11-15-30(28)26-31)40(38-36)35-24-22-34(23-25-35)39(32-16-6-2-7-17-32)33-18-8-3-9-19-33/h1-27H. The van der Waals surface area contributed by atoms with Gasteiger partial charge >= 0.3 is 0 Å². The van der Waals surface area contributed by atoms with Crippen LogP contribution in [0.3, 0.4) is 0 Å². The number of para-hydroxylation sites is 2. The second kappa shape index (κ2) is 10.4. The van der Waals surface area contributed by atoms with Gasteiger partial charge in [0, 0.05) is 28.2 Å². The Bertz CT molecular complexity index is 1830. The van der Waals surface area contributed by atoms with Crippen molar-refractivity contribution in [3.63, 3.8) is 0 Å². The van der Waals surface area contributed by atoms with Crippen molar-refractivity contribution in [1.82, 2.24) is 9.78 Å². The van der Waals surface area contributed by atoms with Crippen molar-refractivity contribution in [2.45, 2.75) is 0 Å². The lowest BCUT2D eigenvalue weighted by Crippen LogP contribution is -2.10. The van der Waals surface area contributed by atoms with Gasteiger partial charge in [-0.25, -0.2) is 4.68 Å². The normalized spacial score (nSPS) is 11.0. The van der Waals surface area contributed by atoms with Gasteiger partial charge < -0.3 is 4.90 Å². The van der Waals surface area contributed by atoms with Crippen LogP contribution in [-0.4, -0.2) is 9.78 Å². The maximum Gasteiger partial charge on any atom is 0.0934 e. The Morgan fingerprint density at radius 1 is 0.425 bits per heavy atom. The topological polar surface area (TPSA) is 21.1 Å². The van der Waals surface area contributed by atoms with E-state index in [2.05, 4.69) is 155 Å². The van der Waals surface area contributed by atoms with Gasteiger partial charge in [-0.1, -0.05) is 103 Å². The van der Waals surface area contributed by atoms with Crippen LogP contribution in [0.25, 0.3) is 39.0 Å². The summed E-state index contributed by atoms with van der Waals surface area (Å²) < 4.78 is 2.06. The first kappa shape index (κ1) is 23.7. The van der Waals surface area contributed by atoms with Crippen molar-refractivity contribution >= 4 is 27.8 Å². The molecule has 6 aromatic carbocycles. The average molecular weight is 514 g/mol. The van der Waals surface area contributed by atoms with Crippen LogP contribution in [0.2, 0.25) is 0 Å². The van der Waals surface area contributed by atoms with Crippen LogP contribution in [0.5, 0.6) is 0 Å². The highest BCUT2D eigenvalue weighted by Gasteiger charge is 2.16. The lowest BCUT2D eigenvalue weighted by atomic mass is 10.0. The predicted octanol–water partition coefficient (Wildman–Crippen LogP) is 9.83. The third-order valence-corrected chi connectivity index (χ3v) is 7.21. The zero-order valence-corrected chi connectivity index (χ0v) is 21.9. The van der Waals surface area contributed by atoms with Gasteiger partial charge in [0.25, 0.3) is 0 Å². The molecule has 0 saturated carbocycles. The molecular weight excluding hydrogens is 486 g/mol. The van der Waals surface area contributed by atoms with Gasteiger partial charge in [0.05, 0.1) is 17.1 Å². The Hall–Kier alpha value is -5.41. The van der Waals surface area contributed by atoms with Gasteiger partial charge in [-0.05, 0) is 71.4 Å². The van der Waals surface area contributed by atoms with E-state index in [0.29, 0.717) is 0 Å². The van der Waals surface area contributed by atoms with Crippen LogP contribution >= 0.6 is 0 Å². The van der Waals surface area contributed by atoms with Gasteiger partial charge in [-0.3, -0.25) is 0 Å². The summed E-state index contributed by atoms with van der Waals surface area (Å²) in [6, 6.07) is 57.2. The largest absolute Gasteiger partial charge is 0.311 e. The molecule has 0 fully saturated rings. The van der Waals surface area contributed by atoms with Crippen molar-refractivity contribution in [3.05, 3.63) is 164 Å². The molecule has 1 aromatic heterocycles. The number of benzene rings is 6. The Labute approximate surface area is 234 Å².